The van der Waals surface area contributed by atoms with Gasteiger partial charge in [0.15, 0.2) is 0 Å². The molecule has 2 aromatic rings. The maximum absolute atomic E-state index is 5.14. The molecule has 16 heavy (non-hydrogen) atoms. The van der Waals surface area contributed by atoms with Crippen LogP contribution in [0.15, 0.2) is 28.8 Å². The largest absolute Gasteiger partial charge is 0.497 e. The molecule has 3 nitrogen and oxygen atoms in total. The summed E-state index contributed by atoms with van der Waals surface area (Å²) < 4.78 is 10.3. The van der Waals surface area contributed by atoms with Gasteiger partial charge in [-0.25, -0.2) is 0 Å². The third-order valence-electron chi connectivity index (χ3n) is 2.72. The summed E-state index contributed by atoms with van der Waals surface area (Å²) in [6.45, 7) is 3.91. The van der Waals surface area contributed by atoms with E-state index in [0.717, 1.165) is 23.6 Å². The molecule has 0 bridgehead atoms. The van der Waals surface area contributed by atoms with E-state index < -0.39 is 0 Å². The first-order valence-corrected chi connectivity index (χ1v) is 5.25. The van der Waals surface area contributed by atoms with Gasteiger partial charge in [0.1, 0.15) is 11.5 Å². The highest BCUT2D eigenvalue weighted by Crippen LogP contribution is 2.19. The molecule has 84 valence electrons. The van der Waals surface area contributed by atoms with E-state index in [0.29, 0.717) is 0 Å². The second kappa shape index (κ2) is 4.39. The lowest BCUT2D eigenvalue weighted by Gasteiger charge is -2.03. The van der Waals surface area contributed by atoms with Crippen LogP contribution in [0.5, 0.6) is 5.75 Å². The molecular weight excluding hydrogens is 202 g/mol. The molecule has 0 spiro atoms. The van der Waals surface area contributed by atoms with Crippen LogP contribution in [0.4, 0.5) is 0 Å². The molecular formula is C13H15NO2. The van der Waals surface area contributed by atoms with Gasteiger partial charge < -0.3 is 9.26 Å². The van der Waals surface area contributed by atoms with Gasteiger partial charge in [0.2, 0.25) is 0 Å². The van der Waals surface area contributed by atoms with E-state index in [4.69, 9.17) is 9.26 Å². The van der Waals surface area contributed by atoms with E-state index in [1.807, 2.05) is 26.0 Å². The topological polar surface area (TPSA) is 35.3 Å². The molecule has 1 aromatic carbocycles. The number of hydrogen-bond acceptors (Lipinski definition) is 3. The Morgan fingerprint density at radius 2 is 1.88 bits per heavy atom. The zero-order chi connectivity index (χ0) is 11.5. The van der Waals surface area contributed by atoms with Gasteiger partial charge in [0.25, 0.3) is 0 Å². The van der Waals surface area contributed by atoms with Crippen molar-refractivity contribution in [1.29, 1.82) is 0 Å². The average molecular weight is 217 g/mol. The molecule has 0 atom stereocenters. The minimum Gasteiger partial charge on any atom is -0.497 e. The van der Waals surface area contributed by atoms with Gasteiger partial charge in [-0.2, -0.15) is 0 Å². The molecule has 0 aliphatic rings. The molecule has 0 saturated carbocycles. The number of aromatic nitrogens is 1. The van der Waals surface area contributed by atoms with Crippen molar-refractivity contribution in [2.24, 2.45) is 0 Å². The van der Waals surface area contributed by atoms with E-state index in [2.05, 4.69) is 17.3 Å². The third-order valence-corrected chi connectivity index (χ3v) is 2.72. The predicted octanol–water partition coefficient (Wildman–Crippen LogP) is 2.89. The quantitative estimate of drug-likeness (QED) is 0.793. The van der Waals surface area contributed by atoms with Crippen LogP contribution in [0.25, 0.3) is 0 Å². The minimum absolute atomic E-state index is 0.852. The highest BCUT2D eigenvalue weighted by Gasteiger charge is 2.09. The van der Waals surface area contributed by atoms with Gasteiger partial charge in [-0.1, -0.05) is 17.3 Å². The number of aryl methyl sites for hydroxylation is 2. The molecule has 0 fully saturated rings. The highest BCUT2D eigenvalue weighted by atomic mass is 16.5. The van der Waals surface area contributed by atoms with Crippen LogP contribution >= 0.6 is 0 Å². The predicted molar refractivity (Wildman–Crippen MR) is 61.8 cm³/mol. The molecule has 0 unspecified atom stereocenters. The van der Waals surface area contributed by atoms with Crippen LogP contribution in [-0.4, -0.2) is 12.3 Å². The normalized spacial score (nSPS) is 10.4. The number of nitrogens with zero attached hydrogens (tertiary/aromatic N) is 1. The Morgan fingerprint density at radius 3 is 2.38 bits per heavy atom. The summed E-state index contributed by atoms with van der Waals surface area (Å²) >= 11 is 0. The molecule has 2 rings (SSSR count). The van der Waals surface area contributed by atoms with Crippen molar-refractivity contribution in [2.45, 2.75) is 20.3 Å². The minimum atomic E-state index is 0.852. The van der Waals surface area contributed by atoms with Crippen LogP contribution in [0.2, 0.25) is 0 Å². The summed E-state index contributed by atoms with van der Waals surface area (Å²) in [6, 6.07) is 8.05. The summed E-state index contributed by atoms with van der Waals surface area (Å²) in [5.41, 5.74) is 3.37. The number of methoxy groups -OCH3 is 1. The second-order valence-electron chi connectivity index (χ2n) is 3.83. The van der Waals surface area contributed by atoms with Crippen molar-refractivity contribution in [3.8, 4) is 5.75 Å². The smallest absolute Gasteiger partial charge is 0.137 e. The van der Waals surface area contributed by atoms with Gasteiger partial charge in [-0.3, -0.25) is 0 Å². The maximum atomic E-state index is 5.14. The monoisotopic (exact) mass is 217 g/mol. The standard InChI is InChI=1S/C13H15NO2/c1-9-13(10(2)16-14-9)8-11-4-6-12(15-3)7-5-11/h4-7H,8H2,1-3H3. The van der Waals surface area contributed by atoms with Gasteiger partial charge >= 0.3 is 0 Å². The molecule has 3 heteroatoms. The summed E-state index contributed by atoms with van der Waals surface area (Å²) in [5, 5.41) is 3.95. The Hall–Kier alpha value is -1.77. The van der Waals surface area contributed by atoms with E-state index >= 15 is 0 Å². The molecule has 0 saturated heterocycles. The fourth-order valence-electron chi connectivity index (χ4n) is 1.70. The molecule has 1 heterocycles. The maximum Gasteiger partial charge on any atom is 0.137 e. The molecule has 1 aromatic heterocycles. The third kappa shape index (κ3) is 2.08. The number of rotatable bonds is 3. The van der Waals surface area contributed by atoms with Crippen molar-refractivity contribution in [3.63, 3.8) is 0 Å². The van der Waals surface area contributed by atoms with E-state index in [-0.39, 0.29) is 0 Å². The molecule has 0 radical (unpaired) electrons. The second-order valence-corrected chi connectivity index (χ2v) is 3.83. The van der Waals surface area contributed by atoms with Crippen molar-refractivity contribution < 1.29 is 9.26 Å². The lowest BCUT2D eigenvalue weighted by molar-refractivity contribution is 0.392. The van der Waals surface area contributed by atoms with Crippen LogP contribution < -0.4 is 4.74 Å². The number of ether oxygens (including phenoxy) is 1. The summed E-state index contributed by atoms with van der Waals surface area (Å²) in [6.07, 6.45) is 0.852. The van der Waals surface area contributed by atoms with Crippen LogP contribution in [0.3, 0.4) is 0 Å². The summed E-state index contributed by atoms with van der Waals surface area (Å²) in [5.74, 6) is 1.77. The van der Waals surface area contributed by atoms with Gasteiger partial charge in [0, 0.05) is 12.0 Å². The lowest BCUT2D eigenvalue weighted by Crippen LogP contribution is -1.91. The zero-order valence-corrected chi connectivity index (χ0v) is 9.78. The Kier molecular flexibility index (Phi) is 2.95. The van der Waals surface area contributed by atoms with Gasteiger partial charge in [-0.15, -0.1) is 0 Å². The van der Waals surface area contributed by atoms with Crippen molar-refractivity contribution in [1.82, 2.24) is 5.16 Å². The van der Waals surface area contributed by atoms with Crippen molar-refractivity contribution in [2.75, 3.05) is 7.11 Å². The molecule has 0 aliphatic carbocycles. The van der Waals surface area contributed by atoms with Gasteiger partial charge in [0.05, 0.1) is 12.8 Å². The SMILES string of the molecule is COc1ccc(Cc2c(C)noc2C)cc1. The first-order valence-electron chi connectivity index (χ1n) is 5.25. The van der Waals surface area contributed by atoms with E-state index in [9.17, 15) is 0 Å². The fourth-order valence-corrected chi connectivity index (χ4v) is 1.70. The van der Waals surface area contributed by atoms with E-state index in [1.165, 1.54) is 11.1 Å². The Morgan fingerprint density at radius 1 is 1.19 bits per heavy atom. The number of benzene rings is 1. The van der Waals surface area contributed by atoms with Crippen molar-refractivity contribution in [3.05, 3.63) is 46.8 Å². The van der Waals surface area contributed by atoms with Crippen molar-refractivity contribution >= 4 is 0 Å². The number of hydrogen-bond donors (Lipinski definition) is 0. The Labute approximate surface area is 95.0 Å². The zero-order valence-electron chi connectivity index (χ0n) is 9.78. The van der Waals surface area contributed by atoms with Gasteiger partial charge in [-0.05, 0) is 31.5 Å². The fraction of sp³-hybridized carbons (Fsp3) is 0.308. The first kappa shape index (κ1) is 10.7. The first-order chi connectivity index (χ1) is 7.70. The summed E-state index contributed by atoms with van der Waals surface area (Å²) in [7, 11) is 1.67. The Balaban J connectivity index is 2.20. The van der Waals surface area contributed by atoms with Crippen LogP contribution in [0, 0.1) is 13.8 Å². The van der Waals surface area contributed by atoms with Crippen LogP contribution in [-0.2, 0) is 6.42 Å². The lowest BCUT2D eigenvalue weighted by atomic mass is 10.0. The Bertz CT molecular complexity index is 452. The van der Waals surface area contributed by atoms with Crippen LogP contribution in [0.1, 0.15) is 22.6 Å². The molecule has 0 N–H and O–H groups in total. The molecule has 0 amide bonds. The summed E-state index contributed by atoms with van der Waals surface area (Å²) in [4.78, 5) is 0. The highest BCUT2D eigenvalue weighted by molar-refractivity contribution is 5.33. The average Bonchev–Trinajstić information content (AvgIpc) is 2.62. The van der Waals surface area contributed by atoms with E-state index in [1.54, 1.807) is 7.11 Å². The molecule has 0 aliphatic heterocycles.